The van der Waals surface area contributed by atoms with Gasteiger partial charge in [0.15, 0.2) is 0 Å². The molecule has 0 saturated heterocycles. The maximum atomic E-state index is 12.2. The van der Waals surface area contributed by atoms with E-state index >= 15 is 0 Å². The zero-order valence-electron chi connectivity index (χ0n) is 14.0. The summed E-state index contributed by atoms with van der Waals surface area (Å²) in [6, 6.07) is -0.806. The lowest BCUT2D eigenvalue weighted by Crippen LogP contribution is -2.41. The summed E-state index contributed by atoms with van der Waals surface area (Å²) in [5.74, 6) is -1.22. The summed E-state index contributed by atoms with van der Waals surface area (Å²) >= 11 is 0. The lowest BCUT2D eigenvalue weighted by atomic mass is 10.0. The number of nitrogens with one attached hydrogen (secondary N) is 1. The zero-order valence-corrected chi connectivity index (χ0v) is 14.0. The van der Waals surface area contributed by atoms with E-state index in [1.54, 1.807) is 0 Å². The van der Waals surface area contributed by atoms with Crippen LogP contribution in [0.3, 0.4) is 0 Å². The summed E-state index contributed by atoms with van der Waals surface area (Å²) in [4.78, 5) is 23.4. The number of carboxylic acids is 1. The molecular weight excluding hydrogens is 282 g/mol. The maximum Gasteiger partial charge on any atom is 0.326 e. The van der Waals surface area contributed by atoms with Gasteiger partial charge in [-0.2, -0.15) is 5.10 Å². The van der Waals surface area contributed by atoms with Crippen LogP contribution < -0.4 is 5.32 Å². The first-order chi connectivity index (χ1) is 10.4. The van der Waals surface area contributed by atoms with Crippen LogP contribution in [0.4, 0.5) is 0 Å². The molecule has 124 valence electrons. The molecule has 1 unspecified atom stereocenters. The van der Waals surface area contributed by atoms with Crippen molar-refractivity contribution in [1.29, 1.82) is 0 Å². The van der Waals surface area contributed by atoms with Gasteiger partial charge in [-0.25, -0.2) is 4.79 Å². The molecule has 0 fully saturated rings. The fraction of sp³-hybridized carbons (Fsp3) is 0.688. The number of rotatable bonds is 9. The minimum Gasteiger partial charge on any atom is -0.480 e. The minimum absolute atomic E-state index is 0.191. The van der Waals surface area contributed by atoms with E-state index in [9.17, 15) is 14.7 Å². The smallest absolute Gasteiger partial charge is 0.326 e. The second kappa shape index (κ2) is 8.56. The first-order valence-corrected chi connectivity index (χ1v) is 8.00. The van der Waals surface area contributed by atoms with E-state index in [1.165, 1.54) is 0 Å². The van der Waals surface area contributed by atoms with Gasteiger partial charge >= 0.3 is 5.97 Å². The normalized spacial score (nSPS) is 12.2. The van der Waals surface area contributed by atoms with Crippen LogP contribution in [0.2, 0.25) is 0 Å². The Morgan fingerprint density at radius 2 is 1.95 bits per heavy atom. The largest absolute Gasteiger partial charge is 0.480 e. The van der Waals surface area contributed by atoms with Crippen LogP contribution in [-0.4, -0.2) is 32.8 Å². The Labute approximate surface area is 131 Å². The molecule has 22 heavy (non-hydrogen) atoms. The number of amides is 1. The second-order valence-electron chi connectivity index (χ2n) is 5.48. The maximum absolute atomic E-state index is 12.2. The van der Waals surface area contributed by atoms with Crippen molar-refractivity contribution in [3.63, 3.8) is 0 Å². The van der Waals surface area contributed by atoms with Crippen molar-refractivity contribution in [2.75, 3.05) is 0 Å². The Morgan fingerprint density at radius 3 is 2.45 bits per heavy atom. The third-order valence-electron chi connectivity index (χ3n) is 3.84. The van der Waals surface area contributed by atoms with E-state index in [4.69, 9.17) is 0 Å². The monoisotopic (exact) mass is 309 g/mol. The molecule has 0 spiro atoms. The van der Waals surface area contributed by atoms with Crippen LogP contribution in [-0.2, 0) is 35.9 Å². The highest BCUT2D eigenvalue weighted by Crippen LogP contribution is 2.16. The quantitative estimate of drug-likeness (QED) is 0.729. The van der Waals surface area contributed by atoms with Gasteiger partial charge in [0.25, 0.3) is 0 Å². The average molecular weight is 309 g/mol. The van der Waals surface area contributed by atoms with Crippen LogP contribution in [0.25, 0.3) is 0 Å². The summed E-state index contributed by atoms with van der Waals surface area (Å²) in [6.45, 7) is 6.03. The number of unbranched alkanes of at least 4 members (excludes halogenated alkanes) is 1. The minimum atomic E-state index is -0.973. The van der Waals surface area contributed by atoms with Gasteiger partial charge in [0.05, 0.1) is 12.1 Å². The first kappa shape index (κ1) is 18.2. The summed E-state index contributed by atoms with van der Waals surface area (Å²) in [5, 5.41) is 16.3. The van der Waals surface area contributed by atoms with E-state index in [0.717, 1.165) is 42.6 Å². The van der Waals surface area contributed by atoms with Crippen molar-refractivity contribution in [3.8, 4) is 0 Å². The molecule has 0 aliphatic heterocycles. The number of aryl methyl sites for hydroxylation is 2. The third-order valence-corrected chi connectivity index (χ3v) is 3.84. The van der Waals surface area contributed by atoms with Gasteiger partial charge in [0.1, 0.15) is 6.04 Å². The summed E-state index contributed by atoms with van der Waals surface area (Å²) in [7, 11) is 1.88. The van der Waals surface area contributed by atoms with Crippen molar-refractivity contribution < 1.29 is 14.7 Å². The Kier molecular flexibility index (Phi) is 7.08. The molecule has 6 heteroatoms. The lowest BCUT2D eigenvalue weighted by molar-refractivity contribution is -0.142. The molecule has 1 rings (SSSR count). The van der Waals surface area contributed by atoms with Crippen molar-refractivity contribution in [3.05, 3.63) is 17.0 Å². The van der Waals surface area contributed by atoms with Gasteiger partial charge in [-0.05, 0) is 19.3 Å². The molecule has 1 aromatic rings. The molecule has 6 nitrogen and oxygen atoms in total. The van der Waals surface area contributed by atoms with E-state index in [-0.39, 0.29) is 12.3 Å². The molecule has 1 atom stereocenters. The number of aliphatic carboxylic acids is 1. The molecule has 1 aromatic heterocycles. The predicted molar refractivity (Wildman–Crippen MR) is 84.8 cm³/mol. The predicted octanol–water partition coefficient (Wildman–Crippen LogP) is 1.85. The van der Waals surface area contributed by atoms with Gasteiger partial charge in [-0.15, -0.1) is 0 Å². The van der Waals surface area contributed by atoms with E-state index in [0.29, 0.717) is 6.42 Å². The molecule has 0 bridgehead atoms. The van der Waals surface area contributed by atoms with Crippen molar-refractivity contribution in [2.45, 2.75) is 65.3 Å². The zero-order chi connectivity index (χ0) is 16.7. The molecule has 0 radical (unpaired) electrons. The second-order valence-corrected chi connectivity index (χ2v) is 5.48. The van der Waals surface area contributed by atoms with Gasteiger partial charge in [-0.1, -0.05) is 33.6 Å². The standard InChI is InChI=1S/C16H27N3O3/c1-5-8-9-13(16(21)22)17-15(20)10-11-12(6-2)18-19(4)14(11)7-3/h13H,5-10H2,1-4H3,(H,17,20)(H,21,22). The average Bonchev–Trinajstić information content (AvgIpc) is 2.78. The van der Waals surface area contributed by atoms with Gasteiger partial charge in [-0.3, -0.25) is 9.48 Å². The fourth-order valence-corrected chi connectivity index (χ4v) is 2.67. The third kappa shape index (κ3) is 4.58. The molecule has 0 saturated carbocycles. The van der Waals surface area contributed by atoms with Crippen molar-refractivity contribution in [1.82, 2.24) is 15.1 Å². The van der Waals surface area contributed by atoms with Crippen LogP contribution >= 0.6 is 0 Å². The number of carbonyl (C=O) groups excluding carboxylic acids is 1. The molecule has 0 aliphatic carbocycles. The van der Waals surface area contributed by atoms with E-state index in [1.807, 2.05) is 32.5 Å². The highest BCUT2D eigenvalue weighted by Gasteiger charge is 2.22. The van der Waals surface area contributed by atoms with Crippen LogP contribution in [0.15, 0.2) is 0 Å². The number of carbonyl (C=O) groups is 2. The summed E-state index contributed by atoms with van der Waals surface area (Å²) in [6.07, 6.45) is 3.90. The molecule has 0 aromatic carbocycles. The Bertz CT molecular complexity index is 523. The summed E-state index contributed by atoms with van der Waals surface area (Å²) in [5.41, 5.74) is 2.88. The van der Waals surface area contributed by atoms with Gasteiger partial charge in [0, 0.05) is 18.3 Å². The highest BCUT2D eigenvalue weighted by molar-refractivity contribution is 5.85. The van der Waals surface area contributed by atoms with Gasteiger partial charge in [0.2, 0.25) is 5.91 Å². The summed E-state index contributed by atoms with van der Waals surface area (Å²) < 4.78 is 1.81. The number of nitrogens with zero attached hydrogens (tertiary/aromatic N) is 2. The molecule has 0 aliphatic rings. The fourth-order valence-electron chi connectivity index (χ4n) is 2.67. The number of carboxylic acid groups (broad SMARTS) is 1. The van der Waals surface area contributed by atoms with E-state index < -0.39 is 12.0 Å². The van der Waals surface area contributed by atoms with Crippen molar-refractivity contribution in [2.24, 2.45) is 7.05 Å². The molecule has 2 N–H and O–H groups in total. The van der Waals surface area contributed by atoms with Crippen LogP contribution in [0.1, 0.15) is 57.0 Å². The van der Waals surface area contributed by atoms with Crippen LogP contribution in [0.5, 0.6) is 0 Å². The van der Waals surface area contributed by atoms with Gasteiger partial charge < -0.3 is 10.4 Å². The first-order valence-electron chi connectivity index (χ1n) is 8.00. The lowest BCUT2D eigenvalue weighted by Gasteiger charge is -2.14. The SMILES string of the molecule is CCCCC(NC(=O)Cc1c(CC)nn(C)c1CC)C(=O)O. The van der Waals surface area contributed by atoms with Crippen molar-refractivity contribution >= 4 is 11.9 Å². The molecular formula is C16H27N3O3. The highest BCUT2D eigenvalue weighted by atomic mass is 16.4. The molecule has 1 heterocycles. The van der Waals surface area contributed by atoms with Crippen LogP contribution in [0, 0.1) is 0 Å². The number of aromatic nitrogens is 2. The Balaban J connectivity index is 2.81. The Hall–Kier alpha value is -1.85. The number of hydrogen-bond donors (Lipinski definition) is 2. The Morgan fingerprint density at radius 1 is 1.27 bits per heavy atom. The number of hydrogen-bond acceptors (Lipinski definition) is 3. The molecule has 1 amide bonds. The van der Waals surface area contributed by atoms with E-state index in [2.05, 4.69) is 10.4 Å². The topological polar surface area (TPSA) is 84.2 Å².